The molecule has 5 N–H and O–H groups in total. The highest BCUT2D eigenvalue weighted by molar-refractivity contribution is 5.68. The Morgan fingerprint density at radius 1 is 0.692 bits per heavy atom. The number of aliphatic hydroxyl groups excluding tert-OH is 2. The highest BCUT2D eigenvalue weighted by Crippen LogP contribution is 2.12. The van der Waals surface area contributed by atoms with Gasteiger partial charge in [0.1, 0.15) is 11.2 Å². The van der Waals surface area contributed by atoms with E-state index in [1.54, 1.807) is 41.5 Å². The highest BCUT2D eigenvalue weighted by atomic mass is 16.6. The molecule has 0 radical (unpaired) electrons. The van der Waals surface area contributed by atoms with Crippen molar-refractivity contribution in [3.8, 4) is 0 Å². The summed E-state index contributed by atoms with van der Waals surface area (Å²) in [6.07, 6.45) is -2.38. The van der Waals surface area contributed by atoms with Crippen LogP contribution in [-0.4, -0.2) is 71.0 Å². The lowest BCUT2D eigenvalue weighted by atomic mass is 9.98. The minimum Gasteiger partial charge on any atom is -0.444 e. The first-order valence-electron chi connectivity index (χ1n) is 13.4. The van der Waals surface area contributed by atoms with Gasteiger partial charge in [0.15, 0.2) is 0 Å². The van der Waals surface area contributed by atoms with E-state index < -0.39 is 47.7 Å². The second-order valence-corrected chi connectivity index (χ2v) is 11.7. The van der Waals surface area contributed by atoms with Crippen LogP contribution in [-0.2, 0) is 22.3 Å². The third-order valence-electron chi connectivity index (χ3n) is 5.67. The molecule has 216 valence electrons. The molecule has 0 aliphatic heterocycles. The second-order valence-electron chi connectivity index (χ2n) is 11.7. The van der Waals surface area contributed by atoms with Gasteiger partial charge in [-0.15, -0.1) is 0 Å². The molecule has 2 aromatic rings. The van der Waals surface area contributed by atoms with Crippen molar-refractivity contribution >= 4 is 12.2 Å². The molecule has 0 spiro atoms. The van der Waals surface area contributed by atoms with Gasteiger partial charge >= 0.3 is 12.2 Å². The highest BCUT2D eigenvalue weighted by Gasteiger charge is 2.28. The molecule has 4 atom stereocenters. The third kappa shape index (κ3) is 13.5. The maximum absolute atomic E-state index is 12.5. The molecule has 0 aliphatic rings. The fourth-order valence-corrected chi connectivity index (χ4v) is 3.88. The minimum atomic E-state index is -0.998. The van der Waals surface area contributed by atoms with Crippen LogP contribution in [0.25, 0.3) is 0 Å². The topological polar surface area (TPSA) is 129 Å². The maximum atomic E-state index is 12.5. The SMILES string of the molecule is CC(C)(C)OC(=O)NC[C@H](O)[C@@H](Cc1ccccc1)NC[C@@H](O)[C@H](Cc1ccccc1)NC(=O)OC(C)(C)C. The van der Waals surface area contributed by atoms with E-state index in [0.717, 1.165) is 11.1 Å². The molecule has 2 amide bonds. The number of amides is 2. The molecular weight excluding hydrogens is 498 g/mol. The molecule has 0 heterocycles. The van der Waals surface area contributed by atoms with Gasteiger partial charge in [0, 0.05) is 19.1 Å². The van der Waals surface area contributed by atoms with Crippen LogP contribution in [0.2, 0.25) is 0 Å². The quantitative estimate of drug-likeness (QED) is 0.277. The summed E-state index contributed by atoms with van der Waals surface area (Å²) in [5, 5.41) is 30.8. The molecule has 0 aromatic heterocycles. The summed E-state index contributed by atoms with van der Waals surface area (Å²) < 4.78 is 10.7. The average molecular weight is 544 g/mol. The summed E-state index contributed by atoms with van der Waals surface area (Å²) in [5.41, 5.74) is 0.584. The molecule has 0 saturated carbocycles. The Kier molecular flexibility index (Phi) is 12.2. The van der Waals surface area contributed by atoms with E-state index in [9.17, 15) is 19.8 Å². The van der Waals surface area contributed by atoms with Crippen molar-refractivity contribution in [3.05, 3.63) is 71.8 Å². The van der Waals surface area contributed by atoms with Crippen LogP contribution in [0.1, 0.15) is 52.7 Å². The summed E-state index contributed by atoms with van der Waals surface area (Å²) >= 11 is 0. The first kappa shape index (κ1) is 32.1. The van der Waals surface area contributed by atoms with Gasteiger partial charge in [-0.05, 0) is 65.5 Å². The predicted octanol–water partition coefficient (Wildman–Crippen LogP) is 3.57. The fourth-order valence-electron chi connectivity index (χ4n) is 3.88. The number of ether oxygens (including phenoxy) is 2. The van der Waals surface area contributed by atoms with Gasteiger partial charge < -0.3 is 35.6 Å². The molecule has 39 heavy (non-hydrogen) atoms. The second kappa shape index (κ2) is 14.9. The maximum Gasteiger partial charge on any atom is 0.407 e. The van der Waals surface area contributed by atoms with Gasteiger partial charge in [-0.1, -0.05) is 60.7 Å². The van der Waals surface area contributed by atoms with Crippen LogP contribution >= 0.6 is 0 Å². The monoisotopic (exact) mass is 543 g/mol. The third-order valence-corrected chi connectivity index (χ3v) is 5.67. The van der Waals surface area contributed by atoms with Crippen LogP contribution < -0.4 is 16.0 Å². The molecule has 2 aromatic carbocycles. The van der Waals surface area contributed by atoms with Crippen LogP contribution in [0, 0.1) is 0 Å². The normalized spacial score (nSPS) is 15.0. The zero-order valence-electron chi connectivity index (χ0n) is 23.9. The van der Waals surface area contributed by atoms with Crippen molar-refractivity contribution in [2.75, 3.05) is 13.1 Å². The average Bonchev–Trinajstić information content (AvgIpc) is 2.83. The van der Waals surface area contributed by atoms with Gasteiger partial charge in [0.25, 0.3) is 0 Å². The largest absolute Gasteiger partial charge is 0.444 e. The number of aliphatic hydroxyl groups is 2. The molecule has 9 heteroatoms. The van der Waals surface area contributed by atoms with Crippen molar-refractivity contribution in [1.29, 1.82) is 0 Å². The number of alkyl carbamates (subject to hydrolysis) is 2. The van der Waals surface area contributed by atoms with E-state index in [2.05, 4.69) is 16.0 Å². The predicted molar refractivity (Wildman–Crippen MR) is 151 cm³/mol. The Labute approximate surface area is 232 Å². The van der Waals surface area contributed by atoms with Gasteiger partial charge in [-0.2, -0.15) is 0 Å². The molecule has 0 saturated heterocycles. The zero-order valence-corrected chi connectivity index (χ0v) is 23.9. The number of hydrogen-bond acceptors (Lipinski definition) is 7. The summed E-state index contributed by atoms with van der Waals surface area (Å²) in [5.74, 6) is 0. The Balaban J connectivity index is 2.11. The molecule has 0 unspecified atom stereocenters. The summed E-state index contributed by atoms with van der Waals surface area (Å²) in [6.45, 7) is 10.7. The van der Waals surface area contributed by atoms with Crippen molar-refractivity contribution in [2.24, 2.45) is 0 Å². The van der Waals surface area contributed by atoms with E-state index in [1.807, 2.05) is 60.7 Å². The number of nitrogens with one attached hydrogen (secondary N) is 3. The summed E-state index contributed by atoms with van der Waals surface area (Å²) in [6, 6.07) is 18.0. The van der Waals surface area contributed by atoms with E-state index in [1.165, 1.54) is 0 Å². The van der Waals surface area contributed by atoms with E-state index in [-0.39, 0.29) is 13.1 Å². The Morgan fingerprint density at radius 3 is 1.62 bits per heavy atom. The summed E-state index contributed by atoms with van der Waals surface area (Å²) in [4.78, 5) is 24.7. The van der Waals surface area contributed by atoms with Crippen LogP contribution in [0.5, 0.6) is 0 Å². The molecule has 0 bridgehead atoms. The van der Waals surface area contributed by atoms with Crippen LogP contribution in [0.3, 0.4) is 0 Å². The Morgan fingerprint density at radius 2 is 1.13 bits per heavy atom. The Bertz CT molecular complexity index is 1000. The van der Waals surface area contributed by atoms with Crippen LogP contribution in [0.15, 0.2) is 60.7 Å². The Hall–Kier alpha value is -3.14. The lowest BCUT2D eigenvalue weighted by Crippen LogP contribution is -2.54. The molecule has 0 fully saturated rings. The van der Waals surface area contributed by atoms with E-state index in [0.29, 0.717) is 12.8 Å². The molecule has 9 nitrogen and oxygen atoms in total. The lowest BCUT2D eigenvalue weighted by Gasteiger charge is -2.30. The van der Waals surface area contributed by atoms with Crippen molar-refractivity contribution in [1.82, 2.24) is 16.0 Å². The number of benzene rings is 2. The first-order valence-corrected chi connectivity index (χ1v) is 13.4. The first-order chi connectivity index (χ1) is 18.2. The number of hydrogen-bond donors (Lipinski definition) is 5. The lowest BCUT2D eigenvalue weighted by molar-refractivity contribution is 0.0402. The zero-order chi connectivity index (χ0) is 29.1. The van der Waals surface area contributed by atoms with Crippen molar-refractivity contribution in [3.63, 3.8) is 0 Å². The van der Waals surface area contributed by atoms with E-state index >= 15 is 0 Å². The van der Waals surface area contributed by atoms with Crippen LogP contribution in [0.4, 0.5) is 9.59 Å². The number of carbonyl (C=O) groups is 2. The molecule has 0 aliphatic carbocycles. The molecular formula is C30H45N3O6. The van der Waals surface area contributed by atoms with E-state index in [4.69, 9.17) is 9.47 Å². The smallest absolute Gasteiger partial charge is 0.407 e. The van der Waals surface area contributed by atoms with Gasteiger partial charge in [-0.25, -0.2) is 9.59 Å². The minimum absolute atomic E-state index is 0.0425. The van der Waals surface area contributed by atoms with Crippen molar-refractivity contribution < 1.29 is 29.3 Å². The molecule has 2 rings (SSSR count). The summed E-state index contributed by atoms with van der Waals surface area (Å²) in [7, 11) is 0. The fraction of sp³-hybridized carbons (Fsp3) is 0.533. The standard InChI is InChI=1S/C30H45N3O6/c1-29(2,3)38-27(36)32-20-25(34)23(17-21-13-9-7-10-14-21)31-19-26(35)24(18-22-15-11-8-12-16-22)33-28(37)39-30(4,5)6/h7-16,23-26,31,34-35H,17-20H2,1-6H3,(H,32,36)(H,33,37)/t23-,24+,25+,26-/m1/s1. The number of rotatable bonds is 12. The van der Waals surface area contributed by atoms with Gasteiger partial charge in [0.2, 0.25) is 0 Å². The van der Waals surface area contributed by atoms with Crippen molar-refractivity contribution in [2.45, 2.75) is 89.9 Å². The van der Waals surface area contributed by atoms with Gasteiger partial charge in [0.05, 0.1) is 18.2 Å². The number of carbonyl (C=O) groups excluding carboxylic acids is 2. The van der Waals surface area contributed by atoms with Gasteiger partial charge in [-0.3, -0.25) is 0 Å².